The zero-order valence-corrected chi connectivity index (χ0v) is 16.0. The van der Waals surface area contributed by atoms with Gasteiger partial charge in [0.15, 0.2) is 0 Å². The van der Waals surface area contributed by atoms with Gasteiger partial charge in [-0.25, -0.2) is 4.98 Å². The maximum absolute atomic E-state index is 4.85. The molecule has 3 heteroatoms. The standard InChI is InChI=1S/C25H25N3/c1-2-10-19(11-3-1)24(28-16-8-9-17-28)18-26-25-20-12-4-6-14-22(20)27-23-15-7-5-13-21(23)25/h1-7,10-15,24H,8-9,16-18H2,(H,26,27)/t24-/m0/s1. The van der Waals surface area contributed by atoms with E-state index in [0.717, 1.165) is 17.6 Å². The van der Waals surface area contributed by atoms with Crippen molar-refractivity contribution in [3.8, 4) is 0 Å². The highest BCUT2D eigenvalue weighted by atomic mass is 15.2. The summed E-state index contributed by atoms with van der Waals surface area (Å²) in [5.41, 5.74) is 4.67. The van der Waals surface area contributed by atoms with Gasteiger partial charge in [0, 0.05) is 17.3 Å². The fraction of sp³-hybridized carbons (Fsp3) is 0.240. The summed E-state index contributed by atoms with van der Waals surface area (Å²) < 4.78 is 0. The van der Waals surface area contributed by atoms with E-state index < -0.39 is 0 Å². The van der Waals surface area contributed by atoms with E-state index in [1.54, 1.807) is 0 Å². The molecule has 1 saturated heterocycles. The van der Waals surface area contributed by atoms with Crippen molar-refractivity contribution < 1.29 is 0 Å². The fourth-order valence-electron chi connectivity index (χ4n) is 4.42. The minimum atomic E-state index is 0.384. The summed E-state index contributed by atoms with van der Waals surface area (Å²) in [6, 6.07) is 28.1. The van der Waals surface area contributed by atoms with E-state index >= 15 is 0 Å². The molecule has 1 atom stereocenters. The van der Waals surface area contributed by atoms with Gasteiger partial charge in [0.2, 0.25) is 0 Å². The van der Waals surface area contributed by atoms with Gasteiger partial charge in [-0.2, -0.15) is 0 Å². The number of para-hydroxylation sites is 2. The molecule has 1 aliphatic rings. The number of nitrogens with one attached hydrogen (secondary N) is 1. The lowest BCUT2D eigenvalue weighted by molar-refractivity contribution is 0.256. The Morgan fingerprint density at radius 2 is 1.32 bits per heavy atom. The van der Waals surface area contributed by atoms with Crippen LogP contribution in [0.3, 0.4) is 0 Å². The van der Waals surface area contributed by atoms with Crippen LogP contribution in [-0.4, -0.2) is 29.5 Å². The Morgan fingerprint density at radius 3 is 1.96 bits per heavy atom. The first-order valence-electron chi connectivity index (χ1n) is 10.2. The summed E-state index contributed by atoms with van der Waals surface area (Å²) >= 11 is 0. The van der Waals surface area contributed by atoms with Crippen molar-refractivity contribution in [1.82, 2.24) is 9.88 Å². The molecule has 1 fully saturated rings. The van der Waals surface area contributed by atoms with Crippen LogP contribution >= 0.6 is 0 Å². The van der Waals surface area contributed by atoms with Crippen LogP contribution in [-0.2, 0) is 0 Å². The molecule has 28 heavy (non-hydrogen) atoms. The monoisotopic (exact) mass is 367 g/mol. The highest BCUT2D eigenvalue weighted by Gasteiger charge is 2.23. The van der Waals surface area contributed by atoms with Crippen molar-refractivity contribution in [2.45, 2.75) is 18.9 Å². The van der Waals surface area contributed by atoms with Crippen molar-refractivity contribution in [3.63, 3.8) is 0 Å². The first-order valence-corrected chi connectivity index (χ1v) is 10.2. The lowest BCUT2D eigenvalue weighted by atomic mass is 10.0. The molecule has 140 valence electrons. The predicted molar refractivity (Wildman–Crippen MR) is 118 cm³/mol. The molecule has 2 heterocycles. The summed E-state index contributed by atoms with van der Waals surface area (Å²) in [7, 11) is 0. The summed E-state index contributed by atoms with van der Waals surface area (Å²) in [6.07, 6.45) is 2.59. The van der Waals surface area contributed by atoms with Gasteiger partial charge in [0.05, 0.1) is 22.8 Å². The number of hydrogen-bond acceptors (Lipinski definition) is 3. The molecule has 0 aliphatic carbocycles. The van der Waals surface area contributed by atoms with Crippen LogP contribution in [0, 0.1) is 0 Å². The first-order chi connectivity index (χ1) is 13.9. The third-order valence-electron chi connectivity index (χ3n) is 5.83. The summed E-state index contributed by atoms with van der Waals surface area (Å²) in [6.45, 7) is 3.25. The van der Waals surface area contributed by atoms with E-state index in [2.05, 4.69) is 89.1 Å². The van der Waals surface area contributed by atoms with E-state index in [1.807, 2.05) is 0 Å². The number of likely N-dealkylation sites (tertiary alicyclic amines) is 1. The van der Waals surface area contributed by atoms with Gasteiger partial charge in [-0.05, 0) is 43.6 Å². The van der Waals surface area contributed by atoms with Crippen molar-refractivity contribution in [3.05, 3.63) is 84.4 Å². The molecule has 1 N–H and O–H groups in total. The second-order valence-electron chi connectivity index (χ2n) is 7.57. The molecular formula is C25H25N3. The maximum Gasteiger partial charge on any atom is 0.0730 e. The first kappa shape index (κ1) is 17.2. The molecule has 1 aromatic heterocycles. The average Bonchev–Trinajstić information content (AvgIpc) is 3.28. The molecule has 1 aliphatic heterocycles. The van der Waals surface area contributed by atoms with E-state index in [1.165, 1.54) is 48.0 Å². The number of pyridine rings is 1. The molecule has 4 aromatic rings. The predicted octanol–water partition coefficient (Wildman–Crippen LogP) is 5.64. The second-order valence-corrected chi connectivity index (χ2v) is 7.57. The van der Waals surface area contributed by atoms with Crippen LogP contribution in [0.5, 0.6) is 0 Å². The summed E-state index contributed by atoms with van der Waals surface area (Å²) in [4.78, 5) is 7.47. The van der Waals surface area contributed by atoms with Crippen LogP contribution in [0.1, 0.15) is 24.4 Å². The molecule has 0 spiro atoms. The highest BCUT2D eigenvalue weighted by molar-refractivity contribution is 6.07. The molecule has 0 unspecified atom stereocenters. The number of fused-ring (bicyclic) bond motifs is 2. The number of benzene rings is 3. The van der Waals surface area contributed by atoms with E-state index in [0.29, 0.717) is 6.04 Å². The van der Waals surface area contributed by atoms with E-state index in [9.17, 15) is 0 Å². The maximum atomic E-state index is 4.85. The Hall–Kier alpha value is -2.91. The third-order valence-corrected chi connectivity index (χ3v) is 5.83. The minimum Gasteiger partial charge on any atom is -0.382 e. The minimum absolute atomic E-state index is 0.384. The Labute approximate surface area is 166 Å². The smallest absolute Gasteiger partial charge is 0.0730 e. The van der Waals surface area contributed by atoms with Crippen molar-refractivity contribution in [2.24, 2.45) is 0 Å². The van der Waals surface area contributed by atoms with Crippen molar-refractivity contribution >= 4 is 27.5 Å². The molecule has 3 aromatic carbocycles. The molecule has 0 saturated carbocycles. The number of hydrogen-bond donors (Lipinski definition) is 1. The lowest BCUT2D eigenvalue weighted by Crippen LogP contribution is -2.31. The average molecular weight is 367 g/mol. The van der Waals surface area contributed by atoms with E-state index in [4.69, 9.17) is 4.98 Å². The summed E-state index contributed by atoms with van der Waals surface area (Å²) in [5, 5.41) is 6.20. The van der Waals surface area contributed by atoms with Gasteiger partial charge in [0.1, 0.15) is 0 Å². The van der Waals surface area contributed by atoms with Crippen LogP contribution in [0.25, 0.3) is 21.8 Å². The Balaban J connectivity index is 1.54. The van der Waals surface area contributed by atoms with Gasteiger partial charge >= 0.3 is 0 Å². The number of nitrogens with zero attached hydrogens (tertiary/aromatic N) is 2. The fourth-order valence-corrected chi connectivity index (χ4v) is 4.42. The van der Waals surface area contributed by atoms with E-state index in [-0.39, 0.29) is 0 Å². The van der Waals surface area contributed by atoms with Crippen molar-refractivity contribution in [1.29, 1.82) is 0 Å². The zero-order chi connectivity index (χ0) is 18.8. The molecule has 3 nitrogen and oxygen atoms in total. The number of anilines is 1. The quantitative estimate of drug-likeness (QED) is 0.463. The van der Waals surface area contributed by atoms with Crippen LogP contribution in [0.4, 0.5) is 5.69 Å². The molecule has 5 rings (SSSR count). The number of rotatable bonds is 5. The molecule has 0 amide bonds. The van der Waals surface area contributed by atoms with Crippen LogP contribution in [0.15, 0.2) is 78.9 Å². The molecular weight excluding hydrogens is 342 g/mol. The molecule has 0 bridgehead atoms. The highest BCUT2D eigenvalue weighted by Crippen LogP contribution is 2.32. The van der Waals surface area contributed by atoms with Gasteiger partial charge in [-0.3, -0.25) is 4.90 Å². The van der Waals surface area contributed by atoms with Crippen molar-refractivity contribution in [2.75, 3.05) is 25.0 Å². The second kappa shape index (κ2) is 7.61. The molecule has 0 radical (unpaired) electrons. The topological polar surface area (TPSA) is 28.2 Å². The third kappa shape index (κ3) is 3.23. The van der Waals surface area contributed by atoms with Crippen LogP contribution < -0.4 is 5.32 Å². The van der Waals surface area contributed by atoms with Crippen LogP contribution in [0.2, 0.25) is 0 Å². The van der Waals surface area contributed by atoms with Gasteiger partial charge in [0.25, 0.3) is 0 Å². The Bertz CT molecular complexity index is 1030. The lowest BCUT2D eigenvalue weighted by Gasteiger charge is -2.29. The summed E-state index contributed by atoms with van der Waals surface area (Å²) in [5.74, 6) is 0. The Morgan fingerprint density at radius 1 is 0.750 bits per heavy atom. The number of aromatic nitrogens is 1. The SMILES string of the molecule is c1ccc([C@H](CNc2c3ccccc3nc3ccccc23)N2CCCC2)cc1. The van der Waals surface area contributed by atoms with Gasteiger partial charge < -0.3 is 5.32 Å². The Kier molecular flexibility index (Phi) is 4.67. The normalized spacial score (nSPS) is 15.9. The van der Waals surface area contributed by atoms with Gasteiger partial charge in [-0.15, -0.1) is 0 Å². The largest absolute Gasteiger partial charge is 0.382 e. The zero-order valence-electron chi connectivity index (χ0n) is 16.0. The van der Waals surface area contributed by atoms with Gasteiger partial charge in [-0.1, -0.05) is 66.7 Å².